The van der Waals surface area contributed by atoms with E-state index < -0.39 is 0 Å². The van der Waals surface area contributed by atoms with Crippen molar-refractivity contribution in [1.82, 2.24) is 0 Å². The number of ether oxygens (including phenoxy) is 2. The van der Waals surface area contributed by atoms with Crippen molar-refractivity contribution in [2.24, 2.45) is 0 Å². The molecule has 0 aromatic heterocycles. The minimum Gasteiger partial charge on any atom is -0.486 e. The largest absolute Gasteiger partial charge is 0.486 e. The predicted octanol–water partition coefficient (Wildman–Crippen LogP) is 4.71. The molecule has 0 aliphatic carbocycles. The Labute approximate surface area is 175 Å². The lowest BCUT2D eigenvalue weighted by Crippen LogP contribution is -2.22. The number of carbonyl (C=O) groups is 2. The average molecular weight is 415 g/mol. The Hall–Kier alpha value is -2.67. The van der Waals surface area contributed by atoms with Crippen LogP contribution in [-0.4, -0.2) is 30.3 Å². The zero-order valence-corrected chi connectivity index (χ0v) is 17.5. The molecule has 0 saturated heterocycles. The summed E-state index contributed by atoms with van der Waals surface area (Å²) in [6.45, 7) is 4.96. The molecular weight excluding hydrogens is 388 g/mol. The monoisotopic (exact) mass is 414 g/mol. The van der Waals surface area contributed by atoms with E-state index in [0.717, 1.165) is 23.4 Å². The lowest BCUT2D eigenvalue weighted by molar-refractivity contribution is -0.116. The van der Waals surface area contributed by atoms with Gasteiger partial charge < -0.3 is 20.1 Å². The Bertz CT molecular complexity index is 854. The molecule has 7 heteroatoms. The number of benzene rings is 2. The van der Waals surface area contributed by atoms with Gasteiger partial charge in [0, 0.05) is 28.8 Å². The van der Waals surface area contributed by atoms with E-state index in [1.807, 2.05) is 31.2 Å². The molecule has 1 aliphatic rings. The number of hydrogen-bond donors (Lipinski definition) is 2. The van der Waals surface area contributed by atoms with Crippen LogP contribution in [-0.2, 0) is 9.59 Å². The van der Waals surface area contributed by atoms with Crippen LogP contribution in [0.3, 0.4) is 0 Å². The first-order valence-electron chi connectivity index (χ1n) is 9.82. The highest BCUT2D eigenvalue weighted by Crippen LogP contribution is 2.33. The van der Waals surface area contributed by atoms with Crippen LogP contribution in [0, 0.1) is 0 Å². The number of amides is 2. The van der Waals surface area contributed by atoms with Crippen LogP contribution in [0.25, 0.3) is 0 Å². The van der Waals surface area contributed by atoms with Crippen molar-refractivity contribution in [2.75, 3.05) is 23.8 Å². The van der Waals surface area contributed by atoms with Crippen molar-refractivity contribution < 1.29 is 19.1 Å². The zero-order valence-electron chi connectivity index (χ0n) is 16.7. The number of hydrogen-bond acceptors (Lipinski definition) is 5. The first-order valence-corrected chi connectivity index (χ1v) is 10.7. The first-order chi connectivity index (χ1) is 14.0. The van der Waals surface area contributed by atoms with Crippen LogP contribution >= 0.6 is 11.8 Å². The summed E-state index contributed by atoms with van der Waals surface area (Å²) in [5.41, 5.74) is 1.45. The molecule has 3 rings (SSSR count). The fourth-order valence-electron chi connectivity index (χ4n) is 2.80. The number of unbranched alkanes of at least 4 members (excludes halogenated alkanes) is 1. The lowest BCUT2D eigenvalue weighted by Gasteiger charge is -2.19. The molecule has 2 aromatic carbocycles. The Balaban J connectivity index is 1.52. The molecule has 2 aromatic rings. The normalized spacial score (nSPS) is 13.4. The van der Waals surface area contributed by atoms with Crippen molar-refractivity contribution in [1.29, 1.82) is 0 Å². The van der Waals surface area contributed by atoms with Crippen LogP contribution in [0.2, 0.25) is 0 Å². The maximum absolute atomic E-state index is 12.5. The number of rotatable bonds is 8. The third-order valence-electron chi connectivity index (χ3n) is 4.39. The van der Waals surface area contributed by atoms with E-state index in [0.29, 0.717) is 36.8 Å². The molecule has 0 saturated carbocycles. The summed E-state index contributed by atoms with van der Waals surface area (Å²) in [7, 11) is 0. The Morgan fingerprint density at radius 2 is 1.69 bits per heavy atom. The van der Waals surface area contributed by atoms with Gasteiger partial charge in [0.05, 0.1) is 5.25 Å². The van der Waals surface area contributed by atoms with Gasteiger partial charge in [0.1, 0.15) is 13.2 Å². The average Bonchev–Trinajstić information content (AvgIpc) is 2.73. The highest BCUT2D eigenvalue weighted by Gasteiger charge is 2.17. The predicted molar refractivity (Wildman–Crippen MR) is 116 cm³/mol. The van der Waals surface area contributed by atoms with Gasteiger partial charge >= 0.3 is 0 Å². The number of thioether (sulfide) groups is 1. The van der Waals surface area contributed by atoms with Gasteiger partial charge in [-0.15, -0.1) is 11.8 Å². The quantitative estimate of drug-likeness (QED) is 0.612. The molecule has 154 valence electrons. The van der Waals surface area contributed by atoms with E-state index in [4.69, 9.17) is 9.47 Å². The number of anilines is 2. The SMILES string of the molecule is CCCCC(=O)Nc1ccc(SC(C)C(=O)Nc2ccc3c(c2)OCCO3)cc1. The van der Waals surface area contributed by atoms with Gasteiger partial charge in [-0.2, -0.15) is 0 Å². The van der Waals surface area contributed by atoms with Gasteiger partial charge in [-0.05, 0) is 49.7 Å². The molecule has 1 atom stereocenters. The Kier molecular flexibility index (Phi) is 7.41. The summed E-state index contributed by atoms with van der Waals surface area (Å²) in [5, 5.41) is 5.52. The topological polar surface area (TPSA) is 76.7 Å². The van der Waals surface area contributed by atoms with Crippen molar-refractivity contribution in [3.63, 3.8) is 0 Å². The second kappa shape index (κ2) is 10.2. The molecule has 1 unspecified atom stereocenters. The van der Waals surface area contributed by atoms with E-state index in [1.54, 1.807) is 18.2 Å². The molecule has 2 N–H and O–H groups in total. The molecule has 1 heterocycles. The third kappa shape index (κ3) is 6.15. The number of nitrogens with one attached hydrogen (secondary N) is 2. The van der Waals surface area contributed by atoms with Crippen molar-refractivity contribution in [3.8, 4) is 11.5 Å². The van der Waals surface area contributed by atoms with Crippen LogP contribution in [0.4, 0.5) is 11.4 Å². The molecule has 2 amide bonds. The minimum atomic E-state index is -0.284. The summed E-state index contributed by atoms with van der Waals surface area (Å²) in [5.74, 6) is 1.27. The van der Waals surface area contributed by atoms with Crippen LogP contribution in [0.15, 0.2) is 47.4 Å². The van der Waals surface area contributed by atoms with Crippen molar-refractivity contribution in [2.45, 2.75) is 43.3 Å². The molecular formula is C22H26N2O4S. The Morgan fingerprint density at radius 1 is 1.00 bits per heavy atom. The second-order valence-electron chi connectivity index (χ2n) is 6.78. The molecule has 1 aliphatic heterocycles. The van der Waals surface area contributed by atoms with E-state index in [1.165, 1.54) is 11.8 Å². The smallest absolute Gasteiger partial charge is 0.237 e. The third-order valence-corrected chi connectivity index (χ3v) is 5.50. The van der Waals surface area contributed by atoms with Gasteiger partial charge in [-0.1, -0.05) is 13.3 Å². The fourth-order valence-corrected chi connectivity index (χ4v) is 3.67. The molecule has 0 spiro atoms. The van der Waals surface area contributed by atoms with Crippen LogP contribution in [0.1, 0.15) is 33.1 Å². The lowest BCUT2D eigenvalue weighted by atomic mass is 10.2. The highest BCUT2D eigenvalue weighted by atomic mass is 32.2. The van der Waals surface area contributed by atoms with E-state index in [9.17, 15) is 9.59 Å². The molecule has 0 radical (unpaired) electrons. The molecule has 6 nitrogen and oxygen atoms in total. The fraction of sp³-hybridized carbons (Fsp3) is 0.364. The van der Waals surface area contributed by atoms with E-state index in [-0.39, 0.29) is 17.1 Å². The maximum Gasteiger partial charge on any atom is 0.237 e. The van der Waals surface area contributed by atoms with E-state index >= 15 is 0 Å². The standard InChI is InChI=1S/C22H26N2O4S/c1-3-4-5-21(25)23-16-6-9-18(10-7-16)29-15(2)22(26)24-17-8-11-19-20(14-17)28-13-12-27-19/h6-11,14-15H,3-5,12-13H2,1-2H3,(H,23,25)(H,24,26). The van der Waals surface area contributed by atoms with Gasteiger partial charge in [0.25, 0.3) is 0 Å². The minimum absolute atomic E-state index is 0.0272. The summed E-state index contributed by atoms with van der Waals surface area (Å²) in [4.78, 5) is 25.3. The van der Waals surface area contributed by atoms with Crippen LogP contribution in [0.5, 0.6) is 11.5 Å². The Morgan fingerprint density at radius 3 is 2.41 bits per heavy atom. The van der Waals surface area contributed by atoms with Gasteiger partial charge in [0.15, 0.2) is 11.5 Å². The number of fused-ring (bicyclic) bond motifs is 1. The van der Waals surface area contributed by atoms with Crippen molar-refractivity contribution >= 4 is 35.0 Å². The zero-order chi connectivity index (χ0) is 20.6. The number of carbonyl (C=O) groups excluding carboxylic acids is 2. The maximum atomic E-state index is 12.5. The second-order valence-corrected chi connectivity index (χ2v) is 8.20. The van der Waals surface area contributed by atoms with Crippen LogP contribution < -0.4 is 20.1 Å². The summed E-state index contributed by atoms with van der Waals surface area (Å²) in [6, 6.07) is 12.9. The summed E-state index contributed by atoms with van der Waals surface area (Å²) in [6.07, 6.45) is 2.41. The molecule has 29 heavy (non-hydrogen) atoms. The molecule has 0 fully saturated rings. The highest BCUT2D eigenvalue weighted by molar-refractivity contribution is 8.00. The van der Waals surface area contributed by atoms with Gasteiger partial charge in [-0.3, -0.25) is 9.59 Å². The molecule has 0 bridgehead atoms. The van der Waals surface area contributed by atoms with Gasteiger partial charge in [0.2, 0.25) is 11.8 Å². The summed E-state index contributed by atoms with van der Waals surface area (Å²) >= 11 is 1.46. The van der Waals surface area contributed by atoms with Crippen molar-refractivity contribution in [3.05, 3.63) is 42.5 Å². The van der Waals surface area contributed by atoms with Gasteiger partial charge in [-0.25, -0.2) is 0 Å². The first kappa shape index (κ1) is 21.0. The van der Waals surface area contributed by atoms with E-state index in [2.05, 4.69) is 17.6 Å². The summed E-state index contributed by atoms with van der Waals surface area (Å²) < 4.78 is 11.0.